The van der Waals surface area contributed by atoms with E-state index in [9.17, 15) is 21.6 Å². The third-order valence-electron chi connectivity index (χ3n) is 6.17. The van der Waals surface area contributed by atoms with Crippen molar-refractivity contribution >= 4 is 21.4 Å². The molecule has 1 fully saturated rings. The van der Waals surface area contributed by atoms with Crippen LogP contribution in [0, 0.1) is 6.92 Å². The van der Waals surface area contributed by atoms with Gasteiger partial charge in [-0.15, -0.1) is 13.2 Å². The summed E-state index contributed by atoms with van der Waals surface area (Å²) in [6.45, 7) is 2.48. The van der Waals surface area contributed by atoms with Crippen LogP contribution in [-0.4, -0.2) is 52.8 Å². The van der Waals surface area contributed by atoms with Gasteiger partial charge >= 0.3 is 6.36 Å². The summed E-state index contributed by atoms with van der Waals surface area (Å²) in [5.41, 5.74) is 3.14. The molecular formula is C25H24F3N5O3S. The quantitative estimate of drug-likeness (QED) is 0.382. The first-order valence-electron chi connectivity index (χ1n) is 11.6. The molecule has 3 heterocycles. The molecule has 5 rings (SSSR count). The maximum absolute atomic E-state index is 13.2. The number of nitrogens with one attached hydrogen (secondary N) is 1. The van der Waals surface area contributed by atoms with E-state index in [1.807, 2.05) is 25.3 Å². The monoisotopic (exact) mass is 531 g/mol. The van der Waals surface area contributed by atoms with Gasteiger partial charge in [-0.2, -0.15) is 9.40 Å². The number of ether oxygens (including phenoxy) is 1. The molecule has 0 unspecified atom stereocenters. The average Bonchev–Trinajstić information content (AvgIpc) is 3.24. The summed E-state index contributed by atoms with van der Waals surface area (Å²) in [6, 6.07) is 16.0. The summed E-state index contributed by atoms with van der Waals surface area (Å²) in [5, 5.41) is 7.57. The minimum atomic E-state index is -4.74. The number of pyridine rings is 1. The van der Waals surface area contributed by atoms with Gasteiger partial charge in [0, 0.05) is 36.6 Å². The zero-order chi connectivity index (χ0) is 26.2. The first-order valence-corrected chi connectivity index (χ1v) is 13.1. The van der Waals surface area contributed by atoms with Gasteiger partial charge in [0.1, 0.15) is 11.6 Å². The highest BCUT2D eigenvalue weighted by Crippen LogP contribution is 2.27. The Morgan fingerprint density at radius 1 is 0.946 bits per heavy atom. The smallest absolute Gasteiger partial charge is 0.406 e. The first kappa shape index (κ1) is 25.0. The third-order valence-corrected chi connectivity index (χ3v) is 8.09. The number of halogens is 3. The van der Waals surface area contributed by atoms with Gasteiger partial charge < -0.3 is 10.1 Å². The number of aromatic nitrogens is 3. The Morgan fingerprint density at radius 2 is 1.59 bits per heavy atom. The number of rotatable bonds is 6. The summed E-state index contributed by atoms with van der Waals surface area (Å²) in [5.74, 6) is 0.380. The number of piperidine rings is 1. The zero-order valence-corrected chi connectivity index (χ0v) is 20.6. The molecule has 1 saturated heterocycles. The Hall–Kier alpha value is -3.64. The molecular weight excluding hydrogens is 507 g/mol. The Labute approximate surface area is 211 Å². The molecule has 1 aliphatic rings. The van der Waals surface area contributed by atoms with Crippen molar-refractivity contribution < 1.29 is 26.3 Å². The maximum Gasteiger partial charge on any atom is 0.573 e. The molecule has 194 valence electrons. The number of anilines is 1. The van der Waals surface area contributed by atoms with E-state index in [0.717, 1.165) is 16.8 Å². The summed E-state index contributed by atoms with van der Waals surface area (Å²) >= 11 is 0. The van der Waals surface area contributed by atoms with E-state index >= 15 is 0 Å². The maximum atomic E-state index is 13.2. The van der Waals surface area contributed by atoms with Crippen molar-refractivity contribution in [2.75, 3.05) is 18.4 Å². The second-order valence-corrected chi connectivity index (χ2v) is 10.7. The second kappa shape index (κ2) is 9.67. The van der Waals surface area contributed by atoms with Crippen molar-refractivity contribution in [3.8, 4) is 16.9 Å². The minimum absolute atomic E-state index is 0.00134. The number of nitrogens with zero attached hydrogens (tertiary/aromatic N) is 4. The van der Waals surface area contributed by atoms with Crippen LogP contribution >= 0.6 is 0 Å². The van der Waals surface area contributed by atoms with Crippen LogP contribution in [-0.2, 0) is 10.0 Å². The Kier molecular flexibility index (Phi) is 6.54. The first-order chi connectivity index (χ1) is 17.6. The number of hydrogen-bond donors (Lipinski definition) is 1. The molecule has 2 aromatic carbocycles. The van der Waals surface area contributed by atoms with Crippen molar-refractivity contribution in [1.82, 2.24) is 18.9 Å². The fraction of sp³-hybridized carbons (Fsp3) is 0.280. The van der Waals surface area contributed by atoms with E-state index in [-0.39, 0.29) is 16.7 Å². The van der Waals surface area contributed by atoms with Crippen molar-refractivity contribution in [3.05, 3.63) is 72.7 Å². The van der Waals surface area contributed by atoms with Crippen molar-refractivity contribution in [2.24, 2.45) is 0 Å². The fourth-order valence-electron chi connectivity index (χ4n) is 4.36. The van der Waals surface area contributed by atoms with Crippen LogP contribution in [0.15, 0.2) is 71.8 Å². The molecule has 0 amide bonds. The Morgan fingerprint density at radius 3 is 2.24 bits per heavy atom. The van der Waals surface area contributed by atoms with E-state index in [2.05, 4.69) is 20.1 Å². The van der Waals surface area contributed by atoms with Gasteiger partial charge in [0.15, 0.2) is 5.65 Å². The molecule has 37 heavy (non-hydrogen) atoms. The predicted molar refractivity (Wildman–Crippen MR) is 132 cm³/mol. The van der Waals surface area contributed by atoms with E-state index in [0.29, 0.717) is 37.4 Å². The van der Waals surface area contributed by atoms with Gasteiger partial charge in [-0.25, -0.2) is 17.9 Å². The number of hydrogen-bond acceptors (Lipinski definition) is 6. The molecule has 0 bridgehead atoms. The van der Waals surface area contributed by atoms with E-state index in [1.54, 1.807) is 28.8 Å². The summed E-state index contributed by atoms with van der Waals surface area (Å²) in [6.07, 6.45) is -1.75. The molecule has 8 nitrogen and oxygen atoms in total. The van der Waals surface area contributed by atoms with Gasteiger partial charge in [0.2, 0.25) is 10.0 Å². The molecule has 1 N–H and O–H groups in total. The van der Waals surface area contributed by atoms with Gasteiger partial charge in [-0.1, -0.05) is 12.1 Å². The fourth-order valence-corrected chi connectivity index (χ4v) is 5.83. The molecule has 1 aliphatic heterocycles. The van der Waals surface area contributed by atoms with Crippen LogP contribution in [0.3, 0.4) is 0 Å². The van der Waals surface area contributed by atoms with Crippen LogP contribution < -0.4 is 10.1 Å². The van der Waals surface area contributed by atoms with Crippen LogP contribution in [0.25, 0.3) is 16.8 Å². The normalized spacial score (nSPS) is 15.7. The standard InChI is InChI=1S/C25H24F3N5O3S/c1-17-29-24-11-4-19(16-33(24)31-17)18-2-9-23(10-3-18)37(34,35)32-14-12-21(13-15-32)30-20-5-7-22(8-6-20)36-25(26,27)28/h2-11,16,21,30H,12-15H2,1H3. The SMILES string of the molecule is Cc1nc2ccc(-c3ccc(S(=O)(=O)N4CCC(Nc5ccc(OC(F)(F)F)cc5)CC4)cc3)cn2n1. The highest BCUT2D eigenvalue weighted by atomic mass is 32.2. The molecule has 0 aliphatic carbocycles. The zero-order valence-electron chi connectivity index (χ0n) is 19.8. The van der Waals surface area contributed by atoms with Crippen LogP contribution in [0.4, 0.5) is 18.9 Å². The highest BCUT2D eigenvalue weighted by molar-refractivity contribution is 7.89. The van der Waals surface area contributed by atoms with Gasteiger partial charge in [-0.05, 0) is 73.9 Å². The highest BCUT2D eigenvalue weighted by Gasteiger charge is 2.31. The lowest BCUT2D eigenvalue weighted by atomic mass is 10.1. The molecule has 12 heteroatoms. The van der Waals surface area contributed by atoms with Gasteiger partial charge in [-0.3, -0.25) is 0 Å². The number of benzene rings is 2. The number of aryl methyl sites for hydroxylation is 1. The van der Waals surface area contributed by atoms with E-state index in [4.69, 9.17) is 0 Å². The molecule has 2 aromatic heterocycles. The van der Waals surface area contributed by atoms with Crippen LogP contribution in [0.5, 0.6) is 5.75 Å². The summed E-state index contributed by atoms with van der Waals surface area (Å²) in [4.78, 5) is 4.53. The molecule has 0 spiro atoms. The molecule has 4 aromatic rings. The average molecular weight is 532 g/mol. The van der Waals surface area contributed by atoms with Crippen molar-refractivity contribution in [1.29, 1.82) is 0 Å². The lowest BCUT2D eigenvalue weighted by Crippen LogP contribution is -2.42. The van der Waals surface area contributed by atoms with Crippen LogP contribution in [0.1, 0.15) is 18.7 Å². The number of fused-ring (bicyclic) bond motifs is 1. The summed E-state index contributed by atoms with van der Waals surface area (Å²) in [7, 11) is -3.66. The minimum Gasteiger partial charge on any atom is -0.406 e. The lowest BCUT2D eigenvalue weighted by Gasteiger charge is -2.32. The van der Waals surface area contributed by atoms with Crippen molar-refractivity contribution in [3.63, 3.8) is 0 Å². The van der Waals surface area contributed by atoms with Crippen molar-refractivity contribution in [2.45, 2.75) is 37.1 Å². The van der Waals surface area contributed by atoms with E-state index in [1.165, 1.54) is 28.6 Å². The van der Waals surface area contributed by atoms with Crippen LogP contribution in [0.2, 0.25) is 0 Å². The molecule has 0 saturated carbocycles. The third kappa shape index (κ3) is 5.70. The number of alkyl halides is 3. The Balaban J connectivity index is 1.20. The van der Waals surface area contributed by atoms with Gasteiger partial charge in [0.25, 0.3) is 0 Å². The largest absolute Gasteiger partial charge is 0.573 e. The number of sulfonamides is 1. The lowest BCUT2D eigenvalue weighted by molar-refractivity contribution is -0.274. The van der Waals surface area contributed by atoms with E-state index < -0.39 is 16.4 Å². The van der Waals surface area contributed by atoms with Gasteiger partial charge in [0.05, 0.1) is 4.90 Å². The Bertz CT molecular complexity index is 1500. The molecule has 0 atom stereocenters. The molecule has 0 radical (unpaired) electrons. The summed E-state index contributed by atoms with van der Waals surface area (Å²) < 4.78 is 70.4. The topological polar surface area (TPSA) is 88.8 Å². The predicted octanol–water partition coefficient (Wildman–Crippen LogP) is 4.87. The second-order valence-electron chi connectivity index (χ2n) is 8.80.